The van der Waals surface area contributed by atoms with E-state index in [1.54, 1.807) is 0 Å². The van der Waals surface area contributed by atoms with Crippen molar-refractivity contribution >= 4 is 33.4 Å². The summed E-state index contributed by atoms with van der Waals surface area (Å²) in [5, 5.41) is 14.5. The highest BCUT2D eigenvalue weighted by molar-refractivity contribution is 6.02. The van der Waals surface area contributed by atoms with E-state index in [9.17, 15) is 4.79 Å². The number of nitrogens with two attached hydrogens (primary N) is 2. The number of aromatic nitrogens is 1. The smallest absolute Gasteiger partial charge is 0.268 e. The molecular formula is C28H31N5O. The Hall–Kier alpha value is -3.64. The van der Waals surface area contributed by atoms with Gasteiger partial charge >= 0.3 is 0 Å². The number of amides is 1. The molecule has 0 saturated heterocycles. The van der Waals surface area contributed by atoms with Gasteiger partial charge in [-0.05, 0) is 60.6 Å². The van der Waals surface area contributed by atoms with Crippen LogP contribution in [0.1, 0.15) is 47.3 Å². The number of nitrogens with zero attached hydrogens (tertiary/aromatic N) is 1. The molecule has 0 spiro atoms. The van der Waals surface area contributed by atoms with Crippen molar-refractivity contribution in [1.82, 2.24) is 9.88 Å². The summed E-state index contributed by atoms with van der Waals surface area (Å²) in [6.07, 6.45) is 4.50. The lowest BCUT2D eigenvalue weighted by Crippen LogP contribution is -2.41. The van der Waals surface area contributed by atoms with Crippen LogP contribution in [0.15, 0.2) is 66.7 Å². The highest BCUT2D eigenvalue weighted by Crippen LogP contribution is 2.24. The molecule has 0 radical (unpaired) electrons. The summed E-state index contributed by atoms with van der Waals surface area (Å²) in [5.74, 6) is -0.0340. The summed E-state index contributed by atoms with van der Waals surface area (Å²) >= 11 is 0. The van der Waals surface area contributed by atoms with E-state index in [0.717, 1.165) is 43.0 Å². The van der Waals surface area contributed by atoms with Gasteiger partial charge in [0.1, 0.15) is 11.5 Å². The number of nitrogen functional groups attached to an aromatic ring is 1. The van der Waals surface area contributed by atoms with Crippen molar-refractivity contribution in [2.45, 2.75) is 50.7 Å². The Bertz CT molecular complexity index is 1360. The average molecular weight is 454 g/mol. The molecule has 0 unspecified atom stereocenters. The first-order valence-corrected chi connectivity index (χ1v) is 12.0. The molecule has 1 amide bonds. The SMILES string of the molecule is N=C(N)c1ccc2cc(C(=O)NC3CCC(N)CC3)n(CCc3ccc4ccccc4c3)c2c1. The summed E-state index contributed by atoms with van der Waals surface area (Å²) in [7, 11) is 0. The molecule has 3 aromatic carbocycles. The monoisotopic (exact) mass is 453 g/mol. The highest BCUT2D eigenvalue weighted by atomic mass is 16.2. The summed E-state index contributed by atoms with van der Waals surface area (Å²) in [5.41, 5.74) is 15.2. The lowest BCUT2D eigenvalue weighted by molar-refractivity contribution is 0.0917. The largest absolute Gasteiger partial charge is 0.384 e. The van der Waals surface area contributed by atoms with E-state index in [-0.39, 0.29) is 23.8 Å². The number of hydrogen-bond acceptors (Lipinski definition) is 3. The normalized spacial score (nSPS) is 18.3. The van der Waals surface area contributed by atoms with Crippen LogP contribution < -0.4 is 16.8 Å². The van der Waals surface area contributed by atoms with Crippen LogP contribution in [0, 0.1) is 5.41 Å². The zero-order chi connectivity index (χ0) is 23.7. The molecule has 1 aliphatic carbocycles. The van der Waals surface area contributed by atoms with E-state index in [1.807, 2.05) is 30.3 Å². The number of amidine groups is 1. The van der Waals surface area contributed by atoms with Crippen molar-refractivity contribution in [2.24, 2.45) is 11.5 Å². The van der Waals surface area contributed by atoms with Gasteiger partial charge in [0, 0.05) is 35.1 Å². The fraction of sp³-hybridized carbons (Fsp3) is 0.286. The van der Waals surface area contributed by atoms with Crippen LogP contribution in [0.3, 0.4) is 0 Å². The second-order valence-electron chi connectivity index (χ2n) is 9.39. The number of hydrogen-bond donors (Lipinski definition) is 4. The number of rotatable bonds is 6. The Morgan fingerprint density at radius 2 is 1.68 bits per heavy atom. The zero-order valence-corrected chi connectivity index (χ0v) is 19.3. The average Bonchev–Trinajstić information content (AvgIpc) is 3.22. The number of fused-ring (bicyclic) bond motifs is 2. The molecule has 4 aromatic rings. The fourth-order valence-corrected chi connectivity index (χ4v) is 5.01. The molecule has 6 N–H and O–H groups in total. The Morgan fingerprint density at radius 3 is 2.44 bits per heavy atom. The van der Waals surface area contributed by atoms with E-state index in [1.165, 1.54) is 16.3 Å². The molecule has 1 aliphatic rings. The van der Waals surface area contributed by atoms with Crippen LogP contribution in [0.4, 0.5) is 0 Å². The van der Waals surface area contributed by atoms with Crippen molar-refractivity contribution < 1.29 is 4.79 Å². The lowest BCUT2D eigenvalue weighted by Gasteiger charge is -2.27. The quantitative estimate of drug-likeness (QED) is 0.258. The van der Waals surface area contributed by atoms with E-state index in [2.05, 4.69) is 46.3 Å². The Labute approximate surface area is 199 Å². The molecule has 5 rings (SSSR count). The molecule has 1 saturated carbocycles. The van der Waals surface area contributed by atoms with Crippen molar-refractivity contribution in [2.75, 3.05) is 0 Å². The minimum absolute atomic E-state index is 0.0220. The topological polar surface area (TPSA) is 110 Å². The molecule has 0 aliphatic heterocycles. The second-order valence-corrected chi connectivity index (χ2v) is 9.39. The van der Waals surface area contributed by atoms with Crippen LogP contribution in [0.2, 0.25) is 0 Å². The maximum absolute atomic E-state index is 13.4. The maximum Gasteiger partial charge on any atom is 0.268 e. The van der Waals surface area contributed by atoms with Crippen molar-refractivity contribution in [3.63, 3.8) is 0 Å². The minimum Gasteiger partial charge on any atom is -0.384 e. The Balaban J connectivity index is 1.46. The maximum atomic E-state index is 13.4. The van der Waals surface area contributed by atoms with Crippen molar-refractivity contribution in [3.8, 4) is 0 Å². The van der Waals surface area contributed by atoms with Crippen LogP contribution in [0.25, 0.3) is 21.7 Å². The van der Waals surface area contributed by atoms with Gasteiger partial charge in [0.25, 0.3) is 5.91 Å². The first kappa shape index (κ1) is 22.2. The predicted octanol–water partition coefficient (Wildman–Crippen LogP) is 4.32. The number of carbonyl (C=O) groups excluding carboxylic acids is 1. The van der Waals surface area contributed by atoms with Gasteiger partial charge < -0.3 is 21.4 Å². The minimum atomic E-state index is -0.0560. The zero-order valence-electron chi connectivity index (χ0n) is 19.3. The van der Waals surface area contributed by atoms with E-state index >= 15 is 0 Å². The van der Waals surface area contributed by atoms with Gasteiger partial charge in [-0.2, -0.15) is 0 Å². The summed E-state index contributed by atoms with van der Waals surface area (Å²) < 4.78 is 2.07. The molecule has 0 bridgehead atoms. The lowest BCUT2D eigenvalue weighted by atomic mass is 9.92. The molecule has 6 nitrogen and oxygen atoms in total. The number of aryl methyl sites for hydroxylation is 2. The number of carbonyl (C=O) groups is 1. The van der Waals surface area contributed by atoms with Gasteiger partial charge in [0.15, 0.2) is 0 Å². The van der Waals surface area contributed by atoms with Gasteiger partial charge in [-0.25, -0.2) is 0 Å². The van der Waals surface area contributed by atoms with Crippen molar-refractivity contribution in [1.29, 1.82) is 5.41 Å². The molecule has 34 heavy (non-hydrogen) atoms. The standard InChI is InChI=1S/C28H31N5O/c29-23-9-11-24(12-10-23)32-28(34)26-16-21-7-8-22(27(30)31)17-25(21)33(26)14-13-18-5-6-19-3-1-2-4-20(19)15-18/h1-8,15-17,23-24H,9-14,29H2,(H3,30,31)(H,32,34). The van der Waals surface area contributed by atoms with Gasteiger partial charge in [-0.15, -0.1) is 0 Å². The van der Waals surface area contributed by atoms with Gasteiger partial charge in [-0.3, -0.25) is 10.2 Å². The summed E-state index contributed by atoms with van der Waals surface area (Å²) in [6.45, 7) is 0.654. The Kier molecular flexibility index (Phi) is 6.07. The van der Waals surface area contributed by atoms with E-state index in [4.69, 9.17) is 16.9 Å². The molecule has 1 fully saturated rings. The predicted molar refractivity (Wildman–Crippen MR) is 138 cm³/mol. The first-order valence-electron chi connectivity index (χ1n) is 12.0. The van der Waals surface area contributed by atoms with E-state index in [0.29, 0.717) is 17.8 Å². The van der Waals surface area contributed by atoms with E-state index < -0.39 is 0 Å². The summed E-state index contributed by atoms with van der Waals surface area (Å²) in [6, 6.07) is 22.9. The van der Waals surface area contributed by atoms with Gasteiger partial charge in [0.05, 0.1) is 0 Å². The summed E-state index contributed by atoms with van der Waals surface area (Å²) in [4.78, 5) is 13.4. The molecule has 1 aromatic heterocycles. The third-order valence-electron chi connectivity index (χ3n) is 6.99. The van der Waals surface area contributed by atoms with Crippen molar-refractivity contribution in [3.05, 3.63) is 83.6 Å². The highest BCUT2D eigenvalue weighted by Gasteiger charge is 2.23. The third kappa shape index (κ3) is 4.54. The molecular weight excluding hydrogens is 422 g/mol. The Morgan fingerprint density at radius 1 is 0.941 bits per heavy atom. The molecule has 6 heteroatoms. The van der Waals surface area contributed by atoms with Crippen LogP contribution in [-0.4, -0.2) is 28.4 Å². The van der Waals surface area contributed by atoms with Gasteiger partial charge in [-0.1, -0.05) is 54.6 Å². The molecule has 1 heterocycles. The van der Waals surface area contributed by atoms with Crippen LogP contribution >= 0.6 is 0 Å². The number of nitrogens with one attached hydrogen (secondary N) is 2. The number of benzene rings is 3. The third-order valence-corrected chi connectivity index (χ3v) is 6.99. The second kappa shape index (κ2) is 9.31. The first-order chi connectivity index (χ1) is 16.5. The fourth-order valence-electron chi connectivity index (χ4n) is 5.01. The van der Waals surface area contributed by atoms with Crippen LogP contribution in [0.5, 0.6) is 0 Å². The van der Waals surface area contributed by atoms with Gasteiger partial charge in [0.2, 0.25) is 0 Å². The van der Waals surface area contributed by atoms with Crippen LogP contribution in [-0.2, 0) is 13.0 Å². The molecule has 0 atom stereocenters. The molecule has 174 valence electrons.